The quantitative estimate of drug-likeness (QED) is 0.822. The van der Waals surface area contributed by atoms with Crippen LogP contribution in [-0.4, -0.2) is 23.4 Å². The van der Waals surface area contributed by atoms with Crippen molar-refractivity contribution in [3.8, 4) is 0 Å². The van der Waals surface area contributed by atoms with E-state index in [1.807, 2.05) is 11.7 Å². The average molecular weight is 350 g/mol. The fraction of sp³-hybridized carbons (Fsp3) is 0.471. The summed E-state index contributed by atoms with van der Waals surface area (Å²) in [7, 11) is 2.01. The molecule has 0 fully saturated rings. The Morgan fingerprint density at radius 2 is 2.05 bits per heavy atom. The lowest BCUT2D eigenvalue weighted by Gasteiger charge is -2.16. The van der Waals surface area contributed by atoms with Gasteiger partial charge in [-0.1, -0.05) is 28.1 Å². The van der Waals surface area contributed by atoms with Gasteiger partial charge in [-0.15, -0.1) is 0 Å². The van der Waals surface area contributed by atoms with Crippen LogP contribution < -0.4 is 5.32 Å². The Morgan fingerprint density at radius 1 is 1.24 bits per heavy atom. The fourth-order valence-electron chi connectivity index (χ4n) is 2.57. The maximum absolute atomic E-state index is 4.67. The lowest BCUT2D eigenvalue weighted by Crippen LogP contribution is -2.23. The summed E-state index contributed by atoms with van der Waals surface area (Å²) in [5.41, 5.74) is 2.55. The van der Waals surface area contributed by atoms with Crippen LogP contribution in [-0.2, 0) is 12.8 Å². The van der Waals surface area contributed by atoms with Crippen LogP contribution in [0.1, 0.15) is 31.1 Å². The molecular formula is C17H24BrN3. The Labute approximate surface area is 135 Å². The largest absolute Gasteiger partial charge is 0.319 e. The summed E-state index contributed by atoms with van der Waals surface area (Å²) < 4.78 is 3.18. The molecule has 0 amide bonds. The predicted octanol–water partition coefficient (Wildman–Crippen LogP) is 3.85. The Morgan fingerprint density at radius 3 is 2.67 bits per heavy atom. The molecule has 21 heavy (non-hydrogen) atoms. The van der Waals surface area contributed by atoms with E-state index in [1.165, 1.54) is 11.3 Å². The number of nitrogens with one attached hydrogen (secondary N) is 1. The van der Waals surface area contributed by atoms with E-state index in [9.17, 15) is 0 Å². The highest BCUT2D eigenvalue weighted by molar-refractivity contribution is 9.10. The third kappa shape index (κ3) is 4.97. The molecule has 0 aliphatic rings. The van der Waals surface area contributed by atoms with Crippen molar-refractivity contribution in [3.63, 3.8) is 0 Å². The van der Waals surface area contributed by atoms with Gasteiger partial charge in [0.2, 0.25) is 0 Å². The molecule has 0 saturated carbocycles. The monoisotopic (exact) mass is 349 g/mol. The van der Waals surface area contributed by atoms with Gasteiger partial charge in [-0.05, 0) is 70.0 Å². The van der Waals surface area contributed by atoms with Crippen LogP contribution in [0.2, 0.25) is 0 Å². The maximum Gasteiger partial charge on any atom is 0.0628 e. The minimum absolute atomic E-state index is 0.423. The number of nitrogens with zero attached hydrogens (tertiary/aromatic N) is 2. The van der Waals surface area contributed by atoms with Gasteiger partial charge in [0.1, 0.15) is 0 Å². The maximum atomic E-state index is 4.67. The van der Waals surface area contributed by atoms with Crippen LogP contribution in [0.5, 0.6) is 0 Å². The van der Waals surface area contributed by atoms with Gasteiger partial charge in [-0.25, -0.2) is 0 Å². The van der Waals surface area contributed by atoms with Gasteiger partial charge in [0.15, 0.2) is 0 Å². The lowest BCUT2D eigenvalue weighted by molar-refractivity contribution is 0.474. The topological polar surface area (TPSA) is 29.9 Å². The summed E-state index contributed by atoms with van der Waals surface area (Å²) in [6.45, 7) is 5.31. The first-order valence-electron chi connectivity index (χ1n) is 7.51. The summed E-state index contributed by atoms with van der Waals surface area (Å²) in [6, 6.07) is 11.1. The summed E-state index contributed by atoms with van der Waals surface area (Å²) in [6.07, 6.45) is 4.15. The van der Waals surface area contributed by atoms with Gasteiger partial charge in [0, 0.05) is 16.7 Å². The second kappa shape index (κ2) is 7.76. The van der Waals surface area contributed by atoms with E-state index < -0.39 is 0 Å². The molecule has 0 bridgehead atoms. The van der Waals surface area contributed by atoms with Gasteiger partial charge in [0.25, 0.3) is 0 Å². The van der Waals surface area contributed by atoms with Crippen LogP contribution in [0.4, 0.5) is 0 Å². The van der Waals surface area contributed by atoms with Crippen LogP contribution in [0, 0.1) is 5.92 Å². The molecule has 0 aliphatic carbocycles. The predicted molar refractivity (Wildman–Crippen MR) is 91.6 cm³/mol. The van der Waals surface area contributed by atoms with Crippen LogP contribution >= 0.6 is 15.9 Å². The fourth-order valence-corrected chi connectivity index (χ4v) is 3.02. The van der Waals surface area contributed by atoms with Gasteiger partial charge in [-0.2, -0.15) is 5.10 Å². The first kappa shape index (κ1) is 16.2. The number of rotatable bonds is 7. The zero-order chi connectivity index (χ0) is 15.2. The molecule has 1 N–H and O–H groups in total. The van der Waals surface area contributed by atoms with Crippen LogP contribution in [0.25, 0.3) is 0 Å². The molecular weight excluding hydrogens is 326 g/mol. The Bertz CT molecular complexity index is 563. The molecule has 0 spiro atoms. The molecule has 4 heteroatoms. The minimum Gasteiger partial charge on any atom is -0.319 e. The van der Waals surface area contributed by atoms with E-state index in [4.69, 9.17) is 0 Å². The Hall–Kier alpha value is -1.13. The normalized spacial score (nSPS) is 12.8. The number of benzene rings is 1. The van der Waals surface area contributed by atoms with Crippen molar-refractivity contribution >= 4 is 15.9 Å². The summed E-state index contributed by atoms with van der Waals surface area (Å²) >= 11 is 3.55. The van der Waals surface area contributed by atoms with Crippen LogP contribution in [0.3, 0.4) is 0 Å². The molecule has 1 heterocycles. The summed E-state index contributed by atoms with van der Waals surface area (Å²) in [5, 5.41) is 7.98. The summed E-state index contributed by atoms with van der Waals surface area (Å²) in [5.74, 6) is 0.555. The van der Waals surface area contributed by atoms with Gasteiger partial charge >= 0.3 is 0 Å². The molecule has 3 nitrogen and oxygen atoms in total. The minimum atomic E-state index is 0.423. The van der Waals surface area contributed by atoms with Crippen LogP contribution in [0.15, 0.2) is 41.0 Å². The van der Waals surface area contributed by atoms with E-state index in [0.29, 0.717) is 12.0 Å². The second-order valence-electron chi connectivity index (χ2n) is 5.84. The van der Waals surface area contributed by atoms with E-state index in [0.717, 1.165) is 23.9 Å². The third-order valence-corrected chi connectivity index (χ3v) is 4.09. The lowest BCUT2D eigenvalue weighted by atomic mass is 9.95. The number of hydrogen-bond donors (Lipinski definition) is 1. The SMILES string of the molecule is CNCC(Cc1cccc(Br)c1)Cc1ccn(C(C)C)n1. The van der Waals surface area contributed by atoms with Gasteiger partial charge in [-0.3, -0.25) is 4.68 Å². The van der Waals surface area contributed by atoms with Crippen molar-refractivity contribution in [2.75, 3.05) is 13.6 Å². The first-order chi connectivity index (χ1) is 10.1. The van der Waals surface area contributed by atoms with Crippen molar-refractivity contribution in [1.29, 1.82) is 0 Å². The van der Waals surface area contributed by atoms with Gasteiger partial charge < -0.3 is 5.32 Å². The average Bonchev–Trinajstić information content (AvgIpc) is 2.88. The van der Waals surface area contributed by atoms with E-state index in [2.05, 4.69) is 76.7 Å². The van der Waals surface area contributed by atoms with Crippen molar-refractivity contribution in [1.82, 2.24) is 15.1 Å². The number of aromatic nitrogens is 2. The third-order valence-electron chi connectivity index (χ3n) is 3.60. The van der Waals surface area contributed by atoms with Crippen molar-refractivity contribution in [2.45, 2.75) is 32.7 Å². The van der Waals surface area contributed by atoms with E-state index in [1.54, 1.807) is 0 Å². The van der Waals surface area contributed by atoms with Crippen molar-refractivity contribution in [3.05, 3.63) is 52.3 Å². The Kier molecular flexibility index (Phi) is 6.00. The smallest absolute Gasteiger partial charge is 0.0628 e. The van der Waals surface area contributed by atoms with E-state index >= 15 is 0 Å². The standard InChI is InChI=1S/C17H24BrN3/c1-13(2)21-8-7-17(20-21)11-15(12-19-3)9-14-5-4-6-16(18)10-14/h4-8,10,13,15,19H,9,11-12H2,1-3H3. The van der Waals surface area contributed by atoms with Crippen molar-refractivity contribution in [2.24, 2.45) is 5.92 Å². The number of halogens is 1. The molecule has 1 aromatic heterocycles. The highest BCUT2D eigenvalue weighted by Gasteiger charge is 2.13. The zero-order valence-corrected chi connectivity index (χ0v) is 14.6. The molecule has 1 aromatic carbocycles. The molecule has 0 aliphatic heterocycles. The van der Waals surface area contributed by atoms with Gasteiger partial charge in [0.05, 0.1) is 5.69 Å². The molecule has 2 rings (SSSR count). The molecule has 0 radical (unpaired) electrons. The molecule has 114 valence electrons. The molecule has 1 unspecified atom stereocenters. The number of hydrogen-bond acceptors (Lipinski definition) is 2. The molecule has 0 saturated heterocycles. The molecule has 1 atom stereocenters. The van der Waals surface area contributed by atoms with Crippen molar-refractivity contribution < 1.29 is 0 Å². The molecule has 2 aromatic rings. The highest BCUT2D eigenvalue weighted by atomic mass is 79.9. The first-order valence-corrected chi connectivity index (χ1v) is 8.31. The Balaban J connectivity index is 2.04. The second-order valence-corrected chi connectivity index (χ2v) is 6.76. The zero-order valence-electron chi connectivity index (χ0n) is 13.0. The highest BCUT2D eigenvalue weighted by Crippen LogP contribution is 2.18. The summed E-state index contributed by atoms with van der Waals surface area (Å²) in [4.78, 5) is 0. The van der Waals surface area contributed by atoms with E-state index in [-0.39, 0.29) is 0 Å².